The van der Waals surface area contributed by atoms with E-state index in [1.165, 1.54) is 65.5 Å². The van der Waals surface area contributed by atoms with Crippen molar-refractivity contribution in [1.29, 1.82) is 0 Å². The summed E-state index contributed by atoms with van der Waals surface area (Å²) in [5.74, 6) is 0. The van der Waals surface area contributed by atoms with Crippen molar-refractivity contribution in [3.8, 4) is 0 Å². The normalized spacial score (nSPS) is 12.8. The molecule has 2 aromatic rings. The molecule has 37 heavy (non-hydrogen) atoms. The number of unbranched alkanes of at least 4 members (excludes halogenated alkanes) is 5. The maximum absolute atomic E-state index is 11.7. The Bertz CT molecular complexity index is 997. The quantitative estimate of drug-likeness (QED) is 0.0977. The zero-order valence-corrected chi connectivity index (χ0v) is 25.3. The summed E-state index contributed by atoms with van der Waals surface area (Å²) in [5.41, 5.74) is 21.3. The number of aryl methyl sites for hydroxylation is 2. The second-order valence-corrected chi connectivity index (χ2v) is 9.73. The monoisotopic (exact) mass is 544 g/mol. The van der Waals surface area contributed by atoms with Gasteiger partial charge in [0.05, 0.1) is 0 Å². The summed E-state index contributed by atoms with van der Waals surface area (Å²) in [7, 11) is 0. The summed E-state index contributed by atoms with van der Waals surface area (Å²) < 4.78 is 1.52. The van der Waals surface area contributed by atoms with Gasteiger partial charge in [0.1, 0.15) is 0 Å². The average molecular weight is 545 g/mol. The number of benzene rings is 2. The zero-order chi connectivity index (χ0) is 24.3. The molecule has 206 valence electrons. The van der Waals surface area contributed by atoms with Crippen LogP contribution in [-0.4, -0.2) is 4.70 Å². The Morgan fingerprint density at radius 2 is 0.973 bits per heavy atom. The fraction of sp³-hybridized carbons (Fsp3) is 0.471. The van der Waals surface area contributed by atoms with Crippen LogP contribution in [0.25, 0.3) is 16.9 Å². The van der Waals surface area contributed by atoms with Crippen molar-refractivity contribution in [2.75, 3.05) is 0 Å². The van der Waals surface area contributed by atoms with Crippen LogP contribution in [0.3, 0.4) is 0 Å². The minimum atomic E-state index is 0. The SMILES string of the molecule is CCCCCCC1=C(c2ccc(CC)cc2)[N+](=[N-])C(c2ccc(CCCC)cc2)=C1CCCC.[CH3-].[CH3-].[Ni+2]. The molecule has 0 aromatic heterocycles. The molecular weight excluding hydrogens is 495 g/mol. The molecule has 2 nitrogen and oxygen atoms in total. The van der Waals surface area contributed by atoms with Crippen LogP contribution in [0.2, 0.25) is 0 Å². The molecule has 0 saturated carbocycles. The van der Waals surface area contributed by atoms with Gasteiger partial charge in [-0.25, -0.2) is 4.70 Å². The van der Waals surface area contributed by atoms with Crippen molar-refractivity contribution in [3.05, 3.63) is 102 Å². The van der Waals surface area contributed by atoms with E-state index >= 15 is 0 Å². The first-order valence-electron chi connectivity index (χ1n) is 13.8. The standard InChI is InChI=1S/C32H44N2.2CH3.Ni/c1-5-9-12-13-16-30-29(15-11-7-3)31(28-23-19-26(20-24-28)14-10-6-2)34(33)32(30)27-21-17-25(8-4)18-22-27;;;/h17-24H,5-16H2,1-4H3;2*1H3;/q;2*-1;+2. The fourth-order valence-corrected chi connectivity index (χ4v) is 4.98. The number of hydrogen-bond acceptors (Lipinski definition) is 0. The third-order valence-corrected chi connectivity index (χ3v) is 7.10. The van der Waals surface area contributed by atoms with Crippen molar-refractivity contribution in [2.45, 2.75) is 105 Å². The van der Waals surface area contributed by atoms with Crippen molar-refractivity contribution in [2.24, 2.45) is 0 Å². The maximum atomic E-state index is 11.7. The topological polar surface area (TPSA) is 25.3 Å². The molecule has 1 heterocycles. The summed E-state index contributed by atoms with van der Waals surface area (Å²) in [5, 5.41) is 0. The van der Waals surface area contributed by atoms with Crippen LogP contribution in [0.5, 0.6) is 0 Å². The van der Waals surface area contributed by atoms with E-state index in [4.69, 9.17) is 0 Å². The summed E-state index contributed by atoms with van der Waals surface area (Å²) in [4.78, 5) is 0. The molecule has 0 fully saturated rings. The van der Waals surface area contributed by atoms with Crippen molar-refractivity contribution >= 4 is 11.4 Å². The fourth-order valence-electron chi connectivity index (χ4n) is 4.98. The van der Waals surface area contributed by atoms with Crippen LogP contribution in [-0.2, 0) is 29.3 Å². The third-order valence-electron chi connectivity index (χ3n) is 7.10. The molecule has 0 amide bonds. The van der Waals surface area contributed by atoms with Gasteiger partial charge in [0, 0.05) is 22.3 Å². The van der Waals surface area contributed by atoms with Gasteiger partial charge in [-0.3, -0.25) is 0 Å². The number of nitrogens with zero attached hydrogens (tertiary/aromatic N) is 2. The largest absolute Gasteiger partial charge is 2.00 e. The van der Waals surface area contributed by atoms with Crippen LogP contribution in [0.15, 0.2) is 59.7 Å². The second kappa shape index (κ2) is 18.3. The van der Waals surface area contributed by atoms with Crippen LogP contribution in [0.1, 0.15) is 114 Å². The second-order valence-electron chi connectivity index (χ2n) is 9.73. The predicted molar refractivity (Wildman–Crippen MR) is 159 cm³/mol. The first kappa shape index (κ1) is 35.0. The van der Waals surface area contributed by atoms with Gasteiger partial charge in [0.2, 0.25) is 11.4 Å². The minimum absolute atomic E-state index is 0. The molecule has 0 radical (unpaired) electrons. The van der Waals surface area contributed by atoms with Crippen LogP contribution in [0, 0.1) is 14.9 Å². The van der Waals surface area contributed by atoms with Crippen molar-refractivity contribution in [1.82, 2.24) is 0 Å². The van der Waals surface area contributed by atoms with E-state index in [9.17, 15) is 5.53 Å². The van der Waals surface area contributed by atoms with E-state index in [1.807, 2.05) is 0 Å². The van der Waals surface area contributed by atoms with Gasteiger partial charge in [0.25, 0.3) is 0 Å². The maximum Gasteiger partial charge on any atom is 2.00 e. The first-order chi connectivity index (χ1) is 16.6. The molecule has 0 N–H and O–H groups in total. The molecule has 0 spiro atoms. The van der Waals surface area contributed by atoms with Gasteiger partial charge in [-0.1, -0.05) is 84.1 Å². The van der Waals surface area contributed by atoms with Crippen molar-refractivity contribution in [3.63, 3.8) is 0 Å². The van der Waals surface area contributed by atoms with Gasteiger partial charge in [-0.15, -0.1) is 0 Å². The van der Waals surface area contributed by atoms with Crippen LogP contribution in [0.4, 0.5) is 0 Å². The van der Waals surface area contributed by atoms with E-state index in [2.05, 4.69) is 76.2 Å². The van der Waals surface area contributed by atoms with Crippen molar-refractivity contribution < 1.29 is 21.2 Å². The Morgan fingerprint density at radius 3 is 1.43 bits per heavy atom. The molecule has 0 saturated heterocycles. The van der Waals surface area contributed by atoms with E-state index < -0.39 is 0 Å². The van der Waals surface area contributed by atoms with Gasteiger partial charge in [-0.2, -0.15) is 0 Å². The Morgan fingerprint density at radius 1 is 0.541 bits per heavy atom. The summed E-state index contributed by atoms with van der Waals surface area (Å²) in [6.07, 6.45) is 13.9. The average Bonchev–Trinajstić information content (AvgIpc) is 3.15. The third kappa shape index (κ3) is 9.06. The molecule has 3 rings (SSSR count). The van der Waals surface area contributed by atoms with Gasteiger partial charge in [0.15, 0.2) is 0 Å². The molecule has 1 aliphatic heterocycles. The van der Waals surface area contributed by atoms with Gasteiger partial charge in [-0.05, 0) is 80.3 Å². The number of hydrogen-bond donors (Lipinski definition) is 0. The summed E-state index contributed by atoms with van der Waals surface area (Å²) >= 11 is 0. The molecule has 3 heteroatoms. The first-order valence-corrected chi connectivity index (χ1v) is 13.8. The van der Waals surface area contributed by atoms with E-state index in [0.29, 0.717) is 0 Å². The van der Waals surface area contributed by atoms with E-state index in [1.54, 1.807) is 0 Å². The Balaban J connectivity index is 0.00000432. The smallest absolute Gasteiger partial charge is 0.493 e. The summed E-state index contributed by atoms with van der Waals surface area (Å²) in [6.45, 7) is 8.95. The van der Waals surface area contributed by atoms with Crippen LogP contribution >= 0.6 is 0 Å². The Kier molecular flexibility index (Phi) is 17.3. The Hall–Kier alpha value is -1.99. The molecule has 0 bridgehead atoms. The predicted octanol–water partition coefficient (Wildman–Crippen LogP) is 10.8. The van der Waals surface area contributed by atoms with Gasteiger partial charge >= 0.3 is 16.5 Å². The van der Waals surface area contributed by atoms with E-state index in [-0.39, 0.29) is 31.3 Å². The summed E-state index contributed by atoms with van der Waals surface area (Å²) in [6, 6.07) is 17.7. The number of rotatable bonds is 14. The molecule has 1 aliphatic rings. The van der Waals surface area contributed by atoms with Crippen LogP contribution < -0.4 is 0 Å². The molecule has 0 atom stereocenters. The number of allylic oxidation sites excluding steroid dienone is 2. The molecule has 0 unspecified atom stereocenters. The molecular formula is C34H50N2Ni. The minimum Gasteiger partial charge on any atom is -0.493 e. The van der Waals surface area contributed by atoms with E-state index in [0.717, 1.165) is 61.0 Å². The molecule has 2 aromatic carbocycles. The zero-order valence-electron chi connectivity index (χ0n) is 24.3. The Labute approximate surface area is 239 Å². The van der Waals surface area contributed by atoms with Gasteiger partial charge < -0.3 is 20.4 Å². The molecule has 0 aliphatic carbocycles.